The molecule has 0 aromatic heterocycles. The Morgan fingerprint density at radius 3 is 2.52 bits per heavy atom. The number of fused-ring (bicyclic) bond motifs is 1. The summed E-state index contributed by atoms with van der Waals surface area (Å²) in [5.74, 6) is -0.0300. The van der Waals surface area contributed by atoms with Crippen molar-refractivity contribution in [3.63, 3.8) is 0 Å². The number of hydrogen-bond donors (Lipinski definition) is 0. The maximum atomic E-state index is 12.9. The van der Waals surface area contributed by atoms with Crippen LogP contribution in [0, 0.1) is 0 Å². The molecule has 0 saturated carbocycles. The lowest BCUT2D eigenvalue weighted by Crippen LogP contribution is -2.46. The molecule has 140 valence electrons. The number of ether oxygens (including phenoxy) is 1. The van der Waals surface area contributed by atoms with Gasteiger partial charge in [0.15, 0.2) is 12.4 Å². The van der Waals surface area contributed by atoms with Crippen LogP contribution in [0.2, 0.25) is 0 Å². The van der Waals surface area contributed by atoms with Crippen molar-refractivity contribution in [2.24, 2.45) is 0 Å². The lowest BCUT2D eigenvalue weighted by Gasteiger charge is -2.31. The Kier molecular flexibility index (Phi) is 5.54. The van der Waals surface area contributed by atoms with Gasteiger partial charge >= 0.3 is 0 Å². The van der Waals surface area contributed by atoms with Crippen LogP contribution >= 0.6 is 0 Å². The van der Waals surface area contributed by atoms with Crippen LogP contribution in [-0.4, -0.2) is 37.3 Å². The third kappa shape index (κ3) is 3.84. The van der Waals surface area contributed by atoms with E-state index < -0.39 is 0 Å². The lowest BCUT2D eigenvalue weighted by molar-refractivity contribution is -0.124. The predicted octanol–water partition coefficient (Wildman–Crippen LogP) is 3.06. The number of likely N-dealkylation sites (N-methyl/N-ethyl adjacent to an activating group) is 1. The van der Waals surface area contributed by atoms with Crippen molar-refractivity contribution in [1.29, 1.82) is 0 Å². The van der Waals surface area contributed by atoms with Gasteiger partial charge in [0.2, 0.25) is 5.91 Å². The fourth-order valence-electron chi connectivity index (χ4n) is 3.08. The molecular weight excluding hydrogens is 344 g/mol. The molecule has 1 heterocycles. The highest BCUT2D eigenvalue weighted by Gasteiger charge is 2.29. The van der Waals surface area contributed by atoms with Crippen molar-refractivity contribution in [1.82, 2.24) is 0 Å². The highest BCUT2D eigenvalue weighted by molar-refractivity contribution is 6.07. The summed E-state index contributed by atoms with van der Waals surface area (Å²) >= 11 is 0. The zero-order chi connectivity index (χ0) is 19.4. The van der Waals surface area contributed by atoms with E-state index in [0.717, 1.165) is 5.69 Å². The number of carbonyl (C=O) groups is 3. The number of anilines is 2. The molecule has 27 heavy (non-hydrogen) atoms. The van der Waals surface area contributed by atoms with Crippen molar-refractivity contribution in [3.8, 4) is 5.75 Å². The van der Waals surface area contributed by atoms with Gasteiger partial charge in [-0.3, -0.25) is 19.3 Å². The highest BCUT2D eigenvalue weighted by Crippen LogP contribution is 2.33. The van der Waals surface area contributed by atoms with E-state index in [1.165, 1.54) is 4.90 Å². The second-order valence-electron chi connectivity index (χ2n) is 6.20. The summed E-state index contributed by atoms with van der Waals surface area (Å²) in [5, 5.41) is 0. The van der Waals surface area contributed by atoms with E-state index in [1.807, 2.05) is 37.3 Å². The maximum Gasteiger partial charge on any atom is 0.265 e. The van der Waals surface area contributed by atoms with Crippen LogP contribution in [0.1, 0.15) is 30.6 Å². The molecule has 1 aliphatic rings. The molecule has 3 rings (SSSR count). The molecule has 0 N–H and O–H groups in total. The number of ketones is 1. The first-order valence-electron chi connectivity index (χ1n) is 9.01. The molecule has 0 spiro atoms. The smallest absolute Gasteiger partial charge is 0.265 e. The number of nitrogens with zero attached hydrogens (tertiary/aromatic N) is 2. The molecule has 2 aromatic rings. The molecule has 1 aliphatic heterocycles. The van der Waals surface area contributed by atoms with Crippen LogP contribution in [0.15, 0.2) is 48.5 Å². The topological polar surface area (TPSA) is 66.9 Å². The summed E-state index contributed by atoms with van der Waals surface area (Å²) in [4.78, 5) is 40.4. The normalized spacial score (nSPS) is 13.0. The fourth-order valence-corrected chi connectivity index (χ4v) is 3.08. The lowest BCUT2D eigenvalue weighted by atomic mass is 10.1. The van der Waals surface area contributed by atoms with E-state index in [1.54, 1.807) is 30.0 Å². The minimum Gasteiger partial charge on any atom is -0.482 e. The Morgan fingerprint density at radius 1 is 1.11 bits per heavy atom. The molecule has 0 aliphatic carbocycles. The Hall–Kier alpha value is -3.15. The zero-order valence-corrected chi connectivity index (χ0v) is 15.5. The standard InChI is InChI=1S/C21H22N2O4/c1-3-18(24)15-10-11-19-17(12-15)23(21(26)14-27-19)13-20(25)22(4-2)16-8-6-5-7-9-16/h5-12H,3-4,13-14H2,1-2H3. The van der Waals surface area contributed by atoms with Gasteiger partial charge in [0.25, 0.3) is 5.91 Å². The van der Waals surface area contributed by atoms with E-state index >= 15 is 0 Å². The van der Waals surface area contributed by atoms with Crippen molar-refractivity contribution in [2.45, 2.75) is 20.3 Å². The van der Waals surface area contributed by atoms with Gasteiger partial charge in [-0.15, -0.1) is 0 Å². The number of Topliss-reactive ketones (excluding diaryl/α,β-unsaturated/α-hetero) is 1. The van der Waals surface area contributed by atoms with E-state index in [4.69, 9.17) is 4.74 Å². The minimum absolute atomic E-state index is 0.0263. The molecule has 0 saturated heterocycles. The van der Waals surface area contributed by atoms with Crippen LogP contribution in [-0.2, 0) is 9.59 Å². The fraction of sp³-hybridized carbons (Fsp3) is 0.286. The SMILES string of the molecule is CCC(=O)c1ccc2c(c1)N(CC(=O)N(CC)c1ccccc1)C(=O)CO2. The average molecular weight is 366 g/mol. The second-order valence-corrected chi connectivity index (χ2v) is 6.20. The molecule has 0 unspecified atom stereocenters. The third-order valence-corrected chi connectivity index (χ3v) is 4.52. The van der Waals surface area contributed by atoms with Crippen molar-refractivity contribution in [2.75, 3.05) is 29.5 Å². The van der Waals surface area contributed by atoms with Crippen molar-refractivity contribution in [3.05, 3.63) is 54.1 Å². The Morgan fingerprint density at radius 2 is 1.85 bits per heavy atom. The van der Waals surface area contributed by atoms with Gasteiger partial charge in [0.05, 0.1) is 5.69 Å². The molecule has 2 amide bonds. The van der Waals surface area contributed by atoms with E-state index in [0.29, 0.717) is 30.0 Å². The Balaban J connectivity index is 1.89. The van der Waals surface area contributed by atoms with Crippen molar-refractivity contribution < 1.29 is 19.1 Å². The summed E-state index contributed by atoms with van der Waals surface area (Å²) in [6, 6.07) is 14.3. The number of rotatable bonds is 6. The van der Waals surface area contributed by atoms with E-state index in [-0.39, 0.29) is 30.7 Å². The van der Waals surface area contributed by atoms with Gasteiger partial charge in [-0.25, -0.2) is 0 Å². The van der Waals surface area contributed by atoms with Crippen LogP contribution in [0.25, 0.3) is 0 Å². The molecule has 0 radical (unpaired) electrons. The first-order valence-corrected chi connectivity index (χ1v) is 9.01. The zero-order valence-electron chi connectivity index (χ0n) is 15.5. The molecule has 0 bridgehead atoms. The van der Waals surface area contributed by atoms with Gasteiger partial charge in [0, 0.05) is 24.2 Å². The molecule has 0 fully saturated rings. The summed E-state index contributed by atoms with van der Waals surface area (Å²) in [6.07, 6.45) is 0.365. The monoisotopic (exact) mass is 366 g/mol. The number of benzene rings is 2. The van der Waals surface area contributed by atoms with Gasteiger partial charge in [-0.05, 0) is 37.3 Å². The Labute approximate surface area is 158 Å². The van der Waals surface area contributed by atoms with Gasteiger partial charge in [0.1, 0.15) is 12.3 Å². The number of carbonyl (C=O) groups excluding carboxylic acids is 3. The first kappa shape index (κ1) is 18.6. The van der Waals surface area contributed by atoms with Crippen LogP contribution in [0.4, 0.5) is 11.4 Å². The maximum absolute atomic E-state index is 12.9. The second kappa shape index (κ2) is 8.03. The van der Waals surface area contributed by atoms with Gasteiger partial charge < -0.3 is 9.64 Å². The first-order chi connectivity index (χ1) is 13.0. The molecule has 0 atom stereocenters. The highest BCUT2D eigenvalue weighted by atomic mass is 16.5. The molecule has 2 aromatic carbocycles. The number of para-hydroxylation sites is 1. The van der Waals surface area contributed by atoms with Crippen LogP contribution < -0.4 is 14.5 Å². The largest absolute Gasteiger partial charge is 0.482 e. The summed E-state index contributed by atoms with van der Waals surface area (Å²) in [7, 11) is 0. The predicted molar refractivity (Wildman–Crippen MR) is 103 cm³/mol. The van der Waals surface area contributed by atoms with Gasteiger partial charge in [-0.2, -0.15) is 0 Å². The minimum atomic E-state index is -0.305. The third-order valence-electron chi connectivity index (χ3n) is 4.52. The number of amides is 2. The van der Waals surface area contributed by atoms with Crippen LogP contribution in [0.5, 0.6) is 5.75 Å². The van der Waals surface area contributed by atoms with Crippen molar-refractivity contribution >= 4 is 29.0 Å². The molecular formula is C21H22N2O4. The Bertz CT molecular complexity index is 864. The summed E-state index contributed by atoms with van der Waals surface area (Å²) in [5.41, 5.74) is 1.74. The summed E-state index contributed by atoms with van der Waals surface area (Å²) < 4.78 is 5.46. The average Bonchev–Trinajstić information content (AvgIpc) is 2.70. The quantitative estimate of drug-likeness (QED) is 0.737. The van der Waals surface area contributed by atoms with E-state index in [9.17, 15) is 14.4 Å². The molecule has 6 nitrogen and oxygen atoms in total. The van der Waals surface area contributed by atoms with Crippen LogP contribution in [0.3, 0.4) is 0 Å². The number of hydrogen-bond acceptors (Lipinski definition) is 4. The molecule has 6 heteroatoms. The van der Waals surface area contributed by atoms with E-state index in [2.05, 4.69) is 0 Å². The summed E-state index contributed by atoms with van der Waals surface area (Å²) in [6.45, 7) is 3.92. The van der Waals surface area contributed by atoms with Gasteiger partial charge in [-0.1, -0.05) is 25.1 Å².